The third kappa shape index (κ3) is 4.46. The average Bonchev–Trinajstić information content (AvgIpc) is 2.61. The summed E-state index contributed by atoms with van der Waals surface area (Å²) in [5.41, 5.74) is 1.08. The Kier molecular flexibility index (Phi) is 5.62. The molecular weight excluding hydrogens is 232 g/mol. The molecule has 96 valence electrons. The van der Waals surface area contributed by atoms with E-state index in [-0.39, 0.29) is 5.91 Å². The van der Waals surface area contributed by atoms with Gasteiger partial charge in [0.25, 0.3) is 0 Å². The summed E-state index contributed by atoms with van der Waals surface area (Å²) in [5, 5.41) is 1.09. The van der Waals surface area contributed by atoms with Crippen molar-refractivity contribution in [1.82, 2.24) is 9.88 Å². The van der Waals surface area contributed by atoms with Crippen LogP contribution < -0.4 is 0 Å². The van der Waals surface area contributed by atoms with Gasteiger partial charge in [0.1, 0.15) is 0 Å². The molecule has 0 saturated heterocycles. The van der Waals surface area contributed by atoms with Crippen LogP contribution in [0.15, 0.2) is 0 Å². The quantitative estimate of drug-likeness (QED) is 0.782. The molecule has 0 aliphatic heterocycles. The highest BCUT2D eigenvalue weighted by Crippen LogP contribution is 2.19. The van der Waals surface area contributed by atoms with Crippen LogP contribution in [0, 0.1) is 13.8 Å². The summed E-state index contributed by atoms with van der Waals surface area (Å²) >= 11 is 1.70. The van der Waals surface area contributed by atoms with E-state index in [0.717, 1.165) is 36.5 Å². The molecular formula is C13H22N2OS. The van der Waals surface area contributed by atoms with Gasteiger partial charge < -0.3 is 4.90 Å². The van der Waals surface area contributed by atoms with Crippen LogP contribution in [0.3, 0.4) is 0 Å². The molecule has 1 aromatic rings. The minimum absolute atomic E-state index is 0.240. The Hall–Kier alpha value is -0.900. The first-order valence-corrected chi connectivity index (χ1v) is 7.03. The summed E-state index contributed by atoms with van der Waals surface area (Å²) < 4.78 is 0. The van der Waals surface area contributed by atoms with Gasteiger partial charge in [-0.2, -0.15) is 0 Å². The molecule has 0 fully saturated rings. The number of hydrogen-bond donors (Lipinski definition) is 0. The van der Waals surface area contributed by atoms with Crippen molar-refractivity contribution in [3.8, 4) is 0 Å². The van der Waals surface area contributed by atoms with Gasteiger partial charge in [-0.05, 0) is 26.7 Å². The number of amides is 1. The maximum Gasteiger partial charge on any atom is 0.222 e. The third-order valence-electron chi connectivity index (χ3n) is 2.84. The molecule has 1 heterocycles. The Morgan fingerprint density at radius 2 is 2.12 bits per heavy atom. The van der Waals surface area contributed by atoms with E-state index >= 15 is 0 Å². The Morgan fingerprint density at radius 3 is 2.65 bits per heavy atom. The summed E-state index contributed by atoms with van der Waals surface area (Å²) in [6, 6.07) is 0. The number of carbonyl (C=O) groups excluding carboxylic acids is 1. The number of aryl methyl sites for hydroxylation is 3. The van der Waals surface area contributed by atoms with E-state index in [0.29, 0.717) is 6.42 Å². The molecule has 0 unspecified atom stereocenters. The maximum absolute atomic E-state index is 11.9. The number of nitrogens with zero attached hydrogens (tertiary/aromatic N) is 2. The maximum atomic E-state index is 11.9. The van der Waals surface area contributed by atoms with E-state index in [2.05, 4.69) is 11.9 Å². The SMILES string of the molecule is CCCCN(C)C(=O)CCc1sc(C)nc1C. The van der Waals surface area contributed by atoms with Gasteiger partial charge in [0.2, 0.25) is 5.91 Å². The zero-order valence-electron chi connectivity index (χ0n) is 11.2. The predicted molar refractivity (Wildman–Crippen MR) is 72.5 cm³/mol. The highest BCUT2D eigenvalue weighted by molar-refractivity contribution is 7.11. The Labute approximate surface area is 108 Å². The molecule has 0 spiro atoms. The van der Waals surface area contributed by atoms with E-state index in [1.807, 2.05) is 25.8 Å². The zero-order valence-corrected chi connectivity index (χ0v) is 12.1. The van der Waals surface area contributed by atoms with Crippen LogP contribution in [0.1, 0.15) is 41.8 Å². The molecule has 1 aromatic heterocycles. The molecule has 0 radical (unpaired) electrons. The van der Waals surface area contributed by atoms with Gasteiger partial charge in [0, 0.05) is 24.9 Å². The zero-order chi connectivity index (χ0) is 12.8. The number of hydrogen-bond acceptors (Lipinski definition) is 3. The molecule has 0 N–H and O–H groups in total. The summed E-state index contributed by atoms with van der Waals surface area (Å²) in [4.78, 5) is 19.3. The van der Waals surface area contributed by atoms with Crippen molar-refractivity contribution in [1.29, 1.82) is 0 Å². The van der Waals surface area contributed by atoms with E-state index in [9.17, 15) is 4.79 Å². The van der Waals surface area contributed by atoms with Crippen molar-refractivity contribution < 1.29 is 4.79 Å². The predicted octanol–water partition coefficient (Wildman–Crippen LogP) is 2.95. The van der Waals surface area contributed by atoms with Crippen molar-refractivity contribution >= 4 is 17.2 Å². The summed E-state index contributed by atoms with van der Waals surface area (Å²) in [6.07, 6.45) is 3.64. The van der Waals surface area contributed by atoms with Crippen molar-refractivity contribution in [2.24, 2.45) is 0 Å². The van der Waals surface area contributed by atoms with Gasteiger partial charge in [-0.15, -0.1) is 11.3 Å². The second-order valence-corrected chi connectivity index (χ2v) is 5.70. The van der Waals surface area contributed by atoms with Gasteiger partial charge in [-0.3, -0.25) is 4.79 Å². The largest absolute Gasteiger partial charge is 0.346 e. The van der Waals surface area contributed by atoms with Gasteiger partial charge in [-0.25, -0.2) is 4.98 Å². The van der Waals surface area contributed by atoms with Gasteiger partial charge in [0.05, 0.1) is 10.7 Å². The molecule has 0 saturated carbocycles. The van der Waals surface area contributed by atoms with E-state index in [4.69, 9.17) is 0 Å². The highest BCUT2D eigenvalue weighted by Gasteiger charge is 2.11. The Balaban J connectivity index is 2.40. The monoisotopic (exact) mass is 254 g/mol. The molecule has 17 heavy (non-hydrogen) atoms. The Morgan fingerprint density at radius 1 is 1.41 bits per heavy atom. The number of thiazole rings is 1. The molecule has 0 aromatic carbocycles. The molecule has 4 heteroatoms. The van der Waals surface area contributed by atoms with Crippen LogP contribution in [0.4, 0.5) is 0 Å². The lowest BCUT2D eigenvalue weighted by molar-refractivity contribution is -0.129. The smallest absolute Gasteiger partial charge is 0.222 e. The summed E-state index contributed by atoms with van der Waals surface area (Å²) in [7, 11) is 1.89. The third-order valence-corrected chi connectivity index (χ3v) is 3.97. The topological polar surface area (TPSA) is 33.2 Å². The van der Waals surface area contributed by atoms with Crippen LogP contribution in [-0.4, -0.2) is 29.4 Å². The van der Waals surface area contributed by atoms with Crippen LogP contribution >= 0.6 is 11.3 Å². The first-order chi connectivity index (χ1) is 8.04. The molecule has 0 aliphatic rings. The summed E-state index contributed by atoms with van der Waals surface area (Å²) in [6.45, 7) is 7.04. The van der Waals surface area contributed by atoms with Crippen LogP contribution in [0.25, 0.3) is 0 Å². The fourth-order valence-corrected chi connectivity index (χ4v) is 2.67. The van der Waals surface area contributed by atoms with Crippen molar-refractivity contribution in [2.45, 2.75) is 46.5 Å². The summed E-state index contributed by atoms with van der Waals surface area (Å²) in [5.74, 6) is 0.240. The Bertz CT molecular complexity index is 373. The van der Waals surface area contributed by atoms with E-state index in [1.165, 1.54) is 4.88 Å². The van der Waals surface area contributed by atoms with Gasteiger partial charge >= 0.3 is 0 Å². The molecule has 0 atom stereocenters. The first-order valence-electron chi connectivity index (χ1n) is 6.21. The molecule has 1 amide bonds. The number of rotatable bonds is 6. The van der Waals surface area contributed by atoms with Gasteiger partial charge in [-0.1, -0.05) is 13.3 Å². The average molecular weight is 254 g/mol. The van der Waals surface area contributed by atoms with Gasteiger partial charge in [0.15, 0.2) is 0 Å². The van der Waals surface area contributed by atoms with Crippen LogP contribution in [0.5, 0.6) is 0 Å². The van der Waals surface area contributed by atoms with Crippen molar-refractivity contribution in [3.63, 3.8) is 0 Å². The fraction of sp³-hybridized carbons (Fsp3) is 0.692. The molecule has 0 bridgehead atoms. The van der Waals surface area contributed by atoms with E-state index < -0.39 is 0 Å². The second kappa shape index (κ2) is 6.74. The van der Waals surface area contributed by atoms with E-state index in [1.54, 1.807) is 11.3 Å². The van der Waals surface area contributed by atoms with Crippen molar-refractivity contribution in [3.05, 3.63) is 15.6 Å². The first kappa shape index (κ1) is 14.2. The van der Waals surface area contributed by atoms with Crippen molar-refractivity contribution in [2.75, 3.05) is 13.6 Å². The molecule has 1 rings (SSSR count). The van der Waals surface area contributed by atoms with Crippen LogP contribution in [-0.2, 0) is 11.2 Å². The number of unbranched alkanes of at least 4 members (excludes halogenated alkanes) is 1. The lowest BCUT2D eigenvalue weighted by atomic mass is 10.2. The fourth-order valence-electron chi connectivity index (χ4n) is 1.74. The number of aromatic nitrogens is 1. The second-order valence-electron chi connectivity index (χ2n) is 4.41. The normalized spacial score (nSPS) is 10.6. The molecule has 0 aliphatic carbocycles. The van der Waals surface area contributed by atoms with Crippen LogP contribution in [0.2, 0.25) is 0 Å². The highest BCUT2D eigenvalue weighted by atomic mass is 32.1. The minimum atomic E-state index is 0.240. The molecule has 3 nitrogen and oxygen atoms in total. The lowest BCUT2D eigenvalue weighted by Crippen LogP contribution is -2.27. The number of carbonyl (C=O) groups is 1. The lowest BCUT2D eigenvalue weighted by Gasteiger charge is -2.16. The standard InChI is InChI=1S/C13H22N2OS/c1-5-6-9-15(4)13(16)8-7-12-10(2)14-11(3)17-12/h5-9H2,1-4H3. The minimum Gasteiger partial charge on any atom is -0.346 e.